The lowest BCUT2D eigenvalue weighted by molar-refractivity contribution is 0.373. The van der Waals surface area contributed by atoms with Crippen molar-refractivity contribution in [3.63, 3.8) is 0 Å². The smallest absolute Gasteiger partial charge is 0.260 e. The molecule has 6 heteroatoms. The van der Waals surface area contributed by atoms with E-state index in [0.29, 0.717) is 11.7 Å². The predicted molar refractivity (Wildman–Crippen MR) is 78.5 cm³/mol. The number of H-pyrrole nitrogens is 1. The van der Waals surface area contributed by atoms with Crippen LogP contribution in [0.25, 0.3) is 22.4 Å². The number of aromatic amines is 1. The predicted octanol–water partition coefficient (Wildman–Crippen LogP) is 2.65. The second kappa shape index (κ2) is 4.39. The van der Waals surface area contributed by atoms with E-state index >= 15 is 0 Å². The molecule has 0 atom stereocenters. The molecule has 3 N–H and O–H groups in total. The van der Waals surface area contributed by atoms with Crippen LogP contribution in [-0.4, -0.2) is 20.3 Å². The lowest BCUT2D eigenvalue weighted by Crippen LogP contribution is -2.34. The van der Waals surface area contributed by atoms with Crippen LogP contribution >= 0.6 is 0 Å². The van der Waals surface area contributed by atoms with E-state index in [-0.39, 0.29) is 0 Å². The molecular weight excluding hydrogens is 266 g/mol. The highest BCUT2D eigenvalue weighted by Gasteiger charge is 2.36. The molecule has 0 bridgehead atoms. The first kappa shape index (κ1) is 12.5. The van der Waals surface area contributed by atoms with E-state index in [1.807, 2.05) is 13.0 Å². The van der Waals surface area contributed by atoms with Crippen molar-refractivity contribution in [2.45, 2.75) is 38.1 Å². The van der Waals surface area contributed by atoms with Gasteiger partial charge in [-0.3, -0.25) is 5.10 Å². The summed E-state index contributed by atoms with van der Waals surface area (Å²) in [5.41, 5.74) is 8.87. The summed E-state index contributed by atoms with van der Waals surface area (Å²) < 4.78 is 5.47. The first-order valence-corrected chi connectivity index (χ1v) is 7.23. The maximum absolute atomic E-state index is 6.39. The number of rotatable bonds is 2. The van der Waals surface area contributed by atoms with Crippen molar-refractivity contribution >= 4 is 10.9 Å². The van der Waals surface area contributed by atoms with Crippen molar-refractivity contribution in [2.24, 2.45) is 5.73 Å². The molecule has 1 fully saturated rings. The van der Waals surface area contributed by atoms with Crippen LogP contribution in [0.3, 0.4) is 0 Å². The van der Waals surface area contributed by atoms with E-state index in [1.54, 1.807) is 6.20 Å². The van der Waals surface area contributed by atoms with E-state index in [4.69, 9.17) is 10.3 Å². The molecule has 2 aromatic heterocycles. The molecule has 0 radical (unpaired) electrons. The van der Waals surface area contributed by atoms with Crippen molar-refractivity contribution in [3.05, 3.63) is 29.7 Å². The average molecular weight is 283 g/mol. The zero-order valence-corrected chi connectivity index (χ0v) is 11.9. The van der Waals surface area contributed by atoms with Gasteiger partial charge in [-0.2, -0.15) is 10.1 Å². The topological polar surface area (TPSA) is 93.6 Å². The molecular formula is C15H17N5O. The number of nitrogens with zero attached hydrogens (tertiary/aromatic N) is 3. The molecule has 108 valence electrons. The third-order valence-corrected chi connectivity index (χ3v) is 4.29. The van der Waals surface area contributed by atoms with Crippen LogP contribution < -0.4 is 5.73 Å². The van der Waals surface area contributed by atoms with Gasteiger partial charge in [0.15, 0.2) is 5.82 Å². The van der Waals surface area contributed by atoms with Gasteiger partial charge in [-0.15, -0.1) is 0 Å². The molecule has 21 heavy (non-hydrogen) atoms. The van der Waals surface area contributed by atoms with Crippen LogP contribution in [0, 0.1) is 6.92 Å². The van der Waals surface area contributed by atoms with Crippen LogP contribution in [-0.2, 0) is 5.54 Å². The minimum absolute atomic E-state index is 0.432. The number of benzene rings is 1. The third kappa shape index (κ3) is 1.94. The normalized spacial score (nSPS) is 17.6. The molecule has 0 saturated heterocycles. The van der Waals surface area contributed by atoms with Gasteiger partial charge in [-0.25, -0.2) is 0 Å². The van der Waals surface area contributed by atoms with Crippen LogP contribution in [0.2, 0.25) is 0 Å². The lowest BCUT2D eigenvalue weighted by Gasteiger charge is -2.17. The summed E-state index contributed by atoms with van der Waals surface area (Å²) in [6, 6.07) is 4.09. The monoisotopic (exact) mass is 283 g/mol. The van der Waals surface area contributed by atoms with Gasteiger partial charge in [0, 0.05) is 5.39 Å². The number of hydrogen-bond donors (Lipinski definition) is 2. The molecule has 1 aliphatic rings. The van der Waals surface area contributed by atoms with E-state index in [2.05, 4.69) is 26.4 Å². The highest BCUT2D eigenvalue weighted by Crippen LogP contribution is 2.36. The molecule has 4 rings (SSSR count). The number of aromatic nitrogens is 4. The Kier molecular flexibility index (Phi) is 2.62. The molecule has 6 nitrogen and oxygen atoms in total. The molecule has 0 aliphatic heterocycles. The average Bonchev–Trinajstić information content (AvgIpc) is 3.17. The maximum Gasteiger partial charge on any atom is 0.260 e. The van der Waals surface area contributed by atoms with Crippen molar-refractivity contribution in [1.29, 1.82) is 0 Å². The minimum Gasteiger partial charge on any atom is -0.334 e. The number of aryl methyl sites for hydroxylation is 1. The van der Waals surface area contributed by atoms with Crippen molar-refractivity contribution in [2.75, 3.05) is 0 Å². The van der Waals surface area contributed by atoms with E-state index < -0.39 is 5.54 Å². The van der Waals surface area contributed by atoms with Crippen molar-refractivity contribution in [1.82, 2.24) is 20.3 Å². The first-order chi connectivity index (χ1) is 10.2. The third-order valence-electron chi connectivity index (χ3n) is 4.29. The van der Waals surface area contributed by atoms with Crippen LogP contribution in [0.4, 0.5) is 0 Å². The van der Waals surface area contributed by atoms with Crippen molar-refractivity contribution in [3.8, 4) is 11.5 Å². The van der Waals surface area contributed by atoms with Gasteiger partial charge in [-0.1, -0.05) is 18.0 Å². The Balaban J connectivity index is 1.83. The molecule has 1 saturated carbocycles. The molecule has 1 aromatic carbocycles. The summed E-state index contributed by atoms with van der Waals surface area (Å²) in [6.07, 6.45) is 5.87. The molecule has 2 heterocycles. The maximum atomic E-state index is 6.39. The van der Waals surface area contributed by atoms with Gasteiger partial charge >= 0.3 is 0 Å². The second-order valence-electron chi connectivity index (χ2n) is 5.93. The Hall–Kier alpha value is -2.21. The molecule has 0 amide bonds. The Morgan fingerprint density at radius 2 is 2.10 bits per heavy atom. The first-order valence-electron chi connectivity index (χ1n) is 7.23. The Morgan fingerprint density at radius 3 is 2.90 bits per heavy atom. The summed E-state index contributed by atoms with van der Waals surface area (Å²) in [7, 11) is 0. The Bertz CT molecular complexity index is 797. The molecule has 1 aliphatic carbocycles. The fourth-order valence-electron chi connectivity index (χ4n) is 3.14. The summed E-state index contributed by atoms with van der Waals surface area (Å²) >= 11 is 0. The molecule has 0 spiro atoms. The summed E-state index contributed by atoms with van der Waals surface area (Å²) in [6.45, 7) is 2.04. The highest BCUT2D eigenvalue weighted by molar-refractivity contribution is 5.91. The number of hydrogen-bond acceptors (Lipinski definition) is 5. The van der Waals surface area contributed by atoms with E-state index in [1.165, 1.54) is 0 Å². The van der Waals surface area contributed by atoms with Gasteiger partial charge in [0.1, 0.15) is 0 Å². The van der Waals surface area contributed by atoms with Gasteiger partial charge in [0.05, 0.1) is 22.8 Å². The van der Waals surface area contributed by atoms with E-state index in [9.17, 15) is 0 Å². The van der Waals surface area contributed by atoms with Crippen LogP contribution in [0.1, 0.15) is 37.1 Å². The SMILES string of the molecule is Cc1cc(-c2nc(C3(N)CCCC3)no2)c2[nH]ncc2c1. The number of fused-ring (bicyclic) bond motifs is 1. The quantitative estimate of drug-likeness (QED) is 0.754. The van der Waals surface area contributed by atoms with Gasteiger partial charge < -0.3 is 10.3 Å². The zero-order valence-electron chi connectivity index (χ0n) is 11.9. The largest absolute Gasteiger partial charge is 0.334 e. The van der Waals surface area contributed by atoms with Gasteiger partial charge in [-0.05, 0) is 37.5 Å². The van der Waals surface area contributed by atoms with Crippen molar-refractivity contribution < 1.29 is 4.52 Å². The van der Waals surface area contributed by atoms with Gasteiger partial charge in [0.2, 0.25) is 0 Å². The fraction of sp³-hybridized carbons (Fsp3) is 0.400. The number of nitrogens with one attached hydrogen (secondary N) is 1. The van der Waals surface area contributed by atoms with Crippen LogP contribution in [0.5, 0.6) is 0 Å². The summed E-state index contributed by atoms with van der Waals surface area (Å²) in [5, 5.41) is 12.2. The second-order valence-corrected chi connectivity index (χ2v) is 5.93. The van der Waals surface area contributed by atoms with E-state index in [0.717, 1.165) is 47.7 Å². The zero-order chi connectivity index (χ0) is 14.4. The van der Waals surface area contributed by atoms with Gasteiger partial charge in [0.25, 0.3) is 5.89 Å². The minimum atomic E-state index is -0.432. The molecule has 3 aromatic rings. The van der Waals surface area contributed by atoms with Crippen LogP contribution in [0.15, 0.2) is 22.9 Å². The lowest BCUT2D eigenvalue weighted by atomic mass is 9.98. The summed E-state index contributed by atoms with van der Waals surface area (Å²) in [5.74, 6) is 1.11. The number of nitrogens with two attached hydrogens (primary N) is 1. The highest BCUT2D eigenvalue weighted by atomic mass is 16.5. The standard InChI is InChI=1S/C15H17N5O/c1-9-6-10-8-17-19-12(10)11(7-9)13-18-14(20-21-13)15(16)4-2-3-5-15/h6-8H,2-5,16H2,1H3,(H,17,19). The summed E-state index contributed by atoms with van der Waals surface area (Å²) in [4.78, 5) is 4.55. The fourth-order valence-corrected chi connectivity index (χ4v) is 3.14. The Labute approximate surface area is 121 Å². The Morgan fingerprint density at radius 1 is 1.29 bits per heavy atom. The molecule has 0 unspecified atom stereocenters.